The molecule has 0 radical (unpaired) electrons. The number of aliphatic carboxylic acids is 1. The Morgan fingerprint density at radius 2 is 1.87 bits per heavy atom. The van der Waals surface area contributed by atoms with Crippen LogP contribution in [0.3, 0.4) is 0 Å². The first-order chi connectivity index (χ1) is 10.7. The van der Waals surface area contributed by atoms with Crippen LogP contribution in [-0.2, 0) is 19.8 Å². The van der Waals surface area contributed by atoms with E-state index in [1.807, 2.05) is 0 Å². The van der Waals surface area contributed by atoms with Gasteiger partial charge in [0.25, 0.3) is 0 Å². The summed E-state index contributed by atoms with van der Waals surface area (Å²) in [4.78, 5) is 36.8. The lowest BCUT2D eigenvalue weighted by Crippen LogP contribution is -2.39. The van der Waals surface area contributed by atoms with E-state index in [2.05, 4.69) is 5.32 Å². The molecule has 1 heterocycles. The number of nitrogens with zero attached hydrogens (tertiary/aromatic N) is 1. The molecule has 1 atom stereocenters. The summed E-state index contributed by atoms with van der Waals surface area (Å²) in [7, 11) is 1.74. The summed E-state index contributed by atoms with van der Waals surface area (Å²) >= 11 is 0. The van der Waals surface area contributed by atoms with Gasteiger partial charge in [-0.1, -0.05) is 12.1 Å². The predicted octanol–water partition coefficient (Wildman–Crippen LogP) is 1.86. The van der Waals surface area contributed by atoms with Crippen LogP contribution in [0.15, 0.2) is 24.3 Å². The van der Waals surface area contributed by atoms with Crippen molar-refractivity contribution in [1.29, 1.82) is 0 Å². The number of piperidine rings is 1. The number of hydrogen-bond donors (Lipinski definition) is 2. The largest absolute Gasteiger partial charge is 0.481 e. The van der Waals surface area contributed by atoms with E-state index in [0.717, 1.165) is 0 Å². The summed E-state index contributed by atoms with van der Waals surface area (Å²) in [5, 5.41) is 12.0. The van der Waals surface area contributed by atoms with Gasteiger partial charge >= 0.3 is 5.97 Å². The SMILES string of the molecule is CN1CC[C@@H](C(=O)Nc2ccc(C(C)(C)C(=O)O)cc2)CC1=O. The maximum absolute atomic E-state index is 12.2. The third-order valence-corrected chi connectivity index (χ3v) is 4.44. The van der Waals surface area contributed by atoms with Crippen molar-refractivity contribution in [2.75, 3.05) is 18.9 Å². The van der Waals surface area contributed by atoms with Crippen molar-refractivity contribution in [3.63, 3.8) is 0 Å². The van der Waals surface area contributed by atoms with Gasteiger partial charge in [-0.2, -0.15) is 0 Å². The van der Waals surface area contributed by atoms with Crippen molar-refractivity contribution >= 4 is 23.5 Å². The zero-order valence-electron chi connectivity index (χ0n) is 13.6. The number of anilines is 1. The molecule has 2 rings (SSSR count). The fraction of sp³-hybridized carbons (Fsp3) is 0.471. The average molecular weight is 318 g/mol. The van der Waals surface area contributed by atoms with Crippen LogP contribution in [0, 0.1) is 5.92 Å². The summed E-state index contributed by atoms with van der Waals surface area (Å²) in [5.41, 5.74) is 0.284. The molecule has 6 heteroatoms. The normalized spacial score (nSPS) is 18.7. The molecule has 1 aromatic rings. The van der Waals surface area contributed by atoms with Crippen LogP contribution in [0.4, 0.5) is 5.69 Å². The molecule has 1 saturated heterocycles. The third kappa shape index (κ3) is 3.70. The molecule has 1 aliphatic heterocycles. The molecular formula is C17H22N2O4. The molecule has 0 bridgehead atoms. The Hall–Kier alpha value is -2.37. The van der Waals surface area contributed by atoms with Crippen molar-refractivity contribution in [3.05, 3.63) is 29.8 Å². The zero-order chi connectivity index (χ0) is 17.2. The molecule has 1 aromatic carbocycles. The number of nitrogens with one attached hydrogen (secondary N) is 1. The van der Waals surface area contributed by atoms with E-state index in [1.165, 1.54) is 0 Å². The number of rotatable bonds is 4. The summed E-state index contributed by atoms with van der Waals surface area (Å²) in [6.07, 6.45) is 0.880. The minimum atomic E-state index is -0.983. The van der Waals surface area contributed by atoms with Gasteiger partial charge in [0.2, 0.25) is 11.8 Å². The molecule has 124 valence electrons. The Balaban J connectivity index is 2.02. The van der Waals surface area contributed by atoms with Gasteiger partial charge in [0.05, 0.1) is 5.41 Å². The third-order valence-electron chi connectivity index (χ3n) is 4.44. The zero-order valence-corrected chi connectivity index (χ0v) is 13.6. The van der Waals surface area contributed by atoms with Gasteiger partial charge in [-0.15, -0.1) is 0 Å². The monoisotopic (exact) mass is 318 g/mol. The molecule has 2 amide bonds. The predicted molar refractivity (Wildman–Crippen MR) is 86.1 cm³/mol. The van der Waals surface area contributed by atoms with Crippen LogP contribution in [0.2, 0.25) is 0 Å². The van der Waals surface area contributed by atoms with E-state index in [4.69, 9.17) is 0 Å². The number of likely N-dealkylation sites (tertiary alicyclic amines) is 1. The van der Waals surface area contributed by atoms with Crippen LogP contribution in [-0.4, -0.2) is 41.4 Å². The lowest BCUT2D eigenvalue weighted by atomic mass is 9.85. The van der Waals surface area contributed by atoms with Crippen molar-refractivity contribution in [1.82, 2.24) is 4.90 Å². The fourth-order valence-corrected chi connectivity index (χ4v) is 2.50. The molecule has 0 spiro atoms. The lowest BCUT2D eigenvalue weighted by molar-refractivity contribution is -0.142. The quantitative estimate of drug-likeness (QED) is 0.887. The Morgan fingerprint density at radius 3 is 2.39 bits per heavy atom. The molecule has 2 N–H and O–H groups in total. The second kappa shape index (κ2) is 6.40. The second-order valence-corrected chi connectivity index (χ2v) is 6.50. The van der Waals surface area contributed by atoms with Crippen molar-refractivity contribution in [3.8, 4) is 0 Å². The highest BCUT2D eigenvalue weighted by atomic mass is 16.4. The molecule has 1 fully saturated rings. The first-order valence-electron chi connectivity index (χ1n) is 7.60. The van der Waals surface area contributed by atoms with Gasteiger partial charge in [-0.25, -0.2) is 0 Å². The first kappa shape index (κ1) is 17.0. The summed E-state index contributed by atoms with van der Waals surface area (Å²) in [6, 6.07) is 6.77. The van der Waals surface area contributed by atoms with Gasteiger partial charge in [0.1, 0.15) is 0 Å². The van der Waals surface area contributed by atoms with Crippen LogP contribution in [0.5, 0.6) is 0 Å². The van der Waals surface area contributed by atoms with E-state index in [-0.39, 0.29) is 24.2 Å². The van der Waals surface area contributed by atoms with Crippen molar-refractivity contribution in [2.24, 2.45) is 5.92 Å². The van der Waals surface area contributed by atoms with Crippen molar-refractivity contribution < 1.29 is 19.5 Å². The first-order valence-corrected chi connectivity index (χ1v) is 7.60. The van der Waals surface area contributed by atoms with Gasteiger partial charge in [-0.3, -0.25) is 14.4 Å². The minimum Gasteiger partial charge on any atom is -0.481 e. The summed E-state index contributed by atoms with van der Waals surface area (Å²) in [6.45, 7) is 3.85. The Bertz CT molecular complexity index is 622. The van der Waals surface area contributed by atoms with E-state index >= 15 is 0 Å². The van der Waals surface area contributed by atoms with Gasteiger partial charge in [0.15, 0.2) is 0 Å². The summed E-state index contributed by atoms with van der Waals surface area (Å²) in [5.74, 6) is -1.40. The highest BCUT2D eigenvalue weighted by Gasteiger charge is 2.30. The van der Waals surface area contributed by atoms with E-state index < -0.39 is 11.4 Å². The molecule has 0 aromatic heterocycles. The van der Waals surface area contributed by atoms with E-state index in [1.54, 1.807) is 50.1 Å². The number of hydrogen-bond acceptors (Lipinski definition) is 3. The van der Waals surface area contributed by atoms with Crippen LogP contribution >= 0.6 is 0 Å². The molecule has 23 heavy (non-hydrogen) atoms. The van der Waals surface area contributed by atoms with Gasteiger partial charge < -0.3 is 15.3 Å². The highest BCUT2D eigenvalue weighted by molar-refractivity contribution is 5.95. The molecule has 0 unspecified atom stereocenters. The Morgan fingerprint density at radius 1 is 1.26 bits per heavy atom. The second-order valence-electron chi connectivity index (χ2n) is 6.50. The minimum absolute atomic E-state index is 0.0186. The standard InChI is InChI=1S/C17H22N2O4/c1-17(2,16(22)23)12-4-6-13(7-5-12)18-15(21)11-8-9-19(3)14(20)10-11/h4-7,11H,8-10H2,1-3H3,(H,18,21)(H,22,23)/t11-/m1/s1. The molecule has 1 aliphatic rings. The number of carboxylic acid groups (broad SMARTS) is 1. The molecule has 0 aliphatic carbocycles. The maximum Gasteiger partial charge on any atom is 0.313 e. The van der Waals surface area contributed by atoms with Crippen LogP contribution in [0.25, 0.3) is 0 Å². The van der Waals surface area contributed by atoms with E-state index in [0.29, 0.717) is 24.2 Å². The van der Waals surface area contributed by atoms with Gasteiger partial charge in [0, 0.05) is 31.6 Å². The molecular weight excluding hydrogens is 296 g/mol. The number of carbonyl (C=O) groups excluding carboxylic acids is 2. The van der Waals surface area contributed by atoms with Crippen molar-refractivity contribution in [2.45, 2.75) is 32.1 Å². The van der Waals surface area contributed by atoms with Gasteiger partial charge in [-0.05, 0) is 38.0 Å². The maximum atomic E-state index is 12.2. The highest BCUT2D eigenvalue weighted by Crippen LogP contribution is 2.25. The Kier molecular flexibility index (Phi) is 4.73. The summed E-state index contributed by atoms with van der Waals surface area (Å²) < 4.78 is 0. The van der Waals surface area contributed by atoms with E-state index in [9.17, 15) is 19.5 Å². The number of amides is 2. The number of carboxylic acids is 1. The van der Waals surface area contributed by atoms with Crippen LogP contribution in [0.1, 0.15) is 32.3 Å². The Labute approximate surface area is 135 Å². The van der Waals surface area contributed by atoms with Crippen LogP contribution < -0.4 is 5.32 Å². The topological polar surface area (TPSA) is 86.7 Å². The number of benzene rings is 1. The lowest BCUT2D eigenvalue weighted by Gasteiger charge is -2.28. The number of carbonyl (C=O) groups is 3. The smallest absolute Gasteiger partial charge is 0.313 e. The molecule has 6 nitrogen and oxygen atoms in total. The average Bonchev–Trinajstić information content (AvgIpc) is 2.50. The fourth-order valence-electron chi connectivity index (χ4n) is 2.50. The molecule has 0 saturated carbocycles.